The maximum atomic E-state index is 2.26. The number of para-hydroxylation sites is 1. The number of hydrogen-bond acceptors (Lipinski definition) is 1. The van der Waals surface area contributed by atoms with E-state index in [0.717, 1.165) is 0 Å². The van der Waals surface area contributed by atoms with E-state index in [1.807, 2.05) is 6.07 Å². The fraction of sp³-hybridized carbons (Fsp3) is 0.0769. The minimum atomic E-state index is 1.25. The maximum Gasteiger partial charge on any atom is 0.0753 e. The quantitative estimate of drug-likeness (QED) is 0.575. The van der Waals surface area contributed by atoms with E-state index in [0.29, 0.717) is 0 Å². The SMILES string of the molecule is Cc1ccc2c(c1)sn2-c1ccccc1. The molecular formula is C13H11NS. The summed E-state index contributed by atoms with van der Waals surface area (Å²) >= 11 is 1.80. The molecule has 0 amide bonds. The molecule has 0 unspecified atom stereocenters. The van der Waals surface area contributed by atoms with E-state index >= 15 is 0 Å². The van der Waals surface area contributed by atoms with E-state index in [1.54, 1.807) is 11.5 Å². The topological polar surface area (TPSA) is 4.93 Å². The normalized spacial score (nSPS) is 11.0. The molecule has 0 aliphatic rings. The first kappa shape index (κ1) is 8.74. The van der Waals surface area contributed by atoms with Gasteiger partial charge in [0.2, 0.25) is 0 Å². The van der Waals surface area contributed by atoms with E-state index in [1.165, 1.54) is 21.5 Å². The van der Waals surface area contributed by atoms with Crippen molar-refractivity contribution in [3.63, 3.8) is 0 Å². The number of fused-ring (bicyclic) bond motifs is 1. The average Bonchev–Trinajstić information content (AvgIpc) is 2.24. The number of nitrogens with zero attached hydrogens (tertiary/aromatic N) is 1. The third-order valence-corrected chi connectivity index (χ3v) is 3.63. The Bertz CT molecular complexity index is 589. The lowest BCUT2D eigenvalue weighted by Crippen LogP contribution is -1.97. The number of benzene rings is 2. The third-order valence-electron chi connectivity index (χ3n) is 2.51. The molecule has 1 aromatic heterocycles. The van der Waals surface area contributed by atoms with Gasteiger partial charge in [0, 0.05) is 0 Å². The lowest BCUT2D eigenvalue weighted by Gasteiger charge is -2.14. The van der Waals surface area contributed by atoms with Crippen LogP contribution in [0.5, 0.6) is 0 Å². The Morgan fingerprint density at radius 1 is 1.00 bits per heavy atom. The molecule has 15 heavy (non-hydrogen) atoms. The van der Waals surface area contributed by atoms with Crippen LogP contribution in [-0.4, -0.2) is 3.96 Å². The molecule has 0 N–H and O–H groups in total. The zero-order chi connectivity index (χ0) is 10.3. The summed E-state index contributed by atoms with van der Waals surface area (Å²) < 4.78 is 3.63. The van der Waals surface area contributed by atoms with E-state index in [4.69, 9.17) is 0 Å². The summed E-state index contributed by atoms with van der Waals surface area (Å²) in [6, 6.07) is 17.0. The monoisotopic (exact) mass is 213 g/mol. The number of hydrogen-bond donors (Lipinski definition) is 0. The standard InChI is InChI=1S/C13H11NS/c1-10-7-8-12-13(9-10)15-14(12)11-5-3-2-4-6-11/h2-9H,1H3. The van der Waals surface area contributed by atoms with Gasteiger partial charge in [-0.25, -0.2) is 0 Å². The fourth-order valence-corrected chi connectivity index (χ4v) is 2.77. The van der Waals surface area contributed by atoms with Crippen LogP contribution in [-0.2, 0) is 0 Å². The summed E-state index contributed by atoms with van der Waals surface area (Å²) in [6.07, 6.45) is 0. The van der Waals surface area contributed by atoms with Gasteiger partial charge in [0.05, 0.1) is 15.9 Å². The highest BCUT2D eigenvalue weighted by molar-refractivity contribution is 7.16. The fourth-order valence-electron chi connectivity index (χ4n) is 1.73. The highest BCUT2D eigenvalue weighted by Crippen LogP contribution is 2.29. The second-order valence-corrected chi connectivity index (χ2v) is 4.68. The van der Waals surface area contributed by atoms with Gasteiger partial charge in [-0.1, -0.05) is 35.8 Å². The van der Waals surface area contributed by atoms with Crippen LogP contribution in [0.15, 0.2) is 48.5 Å². The molecule has 0 saturated carbocycles. The molecule has 0 aliphatic heterocycles. The van der Waals surface area contributed by atoms with Crippen LogP contribution in [0.2, 0.25) is 0 Å². The predicted octanol–water partition coefficient (Wildman–Crippen LogP) is 4.00. The van der Waals surface area contributed by atoms with Gasteiger partial charge >= 0.3 is 0 Å². The van der Waals surface area contributed by atoms with Crippen molar-refractivity contribution in [1.29, 1.82) is 0 Å². The second kappa shape index (κ2) is 3.24. The lowest BCUT2D eigenvalue weighted by atomic mass is 10.2. The van der Waals surface area contributed by atoms with Gasteiger partial charge in [-0.05, 0) is 36.8 Å². The van der Waals surface area contributed by atoms with E-state index in [9.17, 15) is 0 Å². The van der Waals surface area contributed by atoms with Gasteiger partial charge in [-0.2, -0.15) is 0 Å². The third kappa shape index (κ3) is 1.38. The van der Waals surface area contributed by atoms with Gasteiger partial charge in [0.1, 0.15) is 0 Å². The van der Waals surface area contributed by atoms with Gasteiger partial charge in [0.15, 0.2) is 0 Å². The molecule has 74 valence electrons. The van der Waals surface area contributed by atoms with E-state index < -0.39 is 0 Å². The summed E-state index contributed by atoms with van der Waals surface area (Å²) in [4.78, 5) is 0. The van der Waals surface area contributed by atoms with Crippen molar-refractivity contribution >= 4 is 21.7 Å². The van der Waals surface area contributed by atoms with E-state index in [2.05, 4.69) is 53.3 Å². The van der Waals surface area contributed by atoms with Crippen molar-refractivity contribution in [2.45, 2.75) is 6.92 Å². The Hall–Kier alpha value is -1.54. The summed E-state index contributed by atoms with van der Waals surface area (Å²) in [5, 5.41) is 0. The van der Waals surface area contributed by atoms with Crippen LogP contribution >= 0.6 is 11.5 Å². The van der Waals surface area contributed by atoms with Crippen LogP contribution < -0.4 is 0 Å². The molecule has 0 aliphatic carbocycles. The Morgan fingerprint density at radius 3 is 2.53 bits per heavy atom. The molecule has 0 spiro atoms. The predicted molar refractivity (Wildman–Crippen MR) is 65.9 cm³/mol. The van der Waals surface area contributed by atoms with Crippen LogP contribution in [0.3, 0.4) is 0 Å². The molecule has 2 aromatic carbocycles. The maximum absolute atomic E-state index is 2.26. The highest BCUT2D eigenvalue weighted by Gasteiger charge is 2.07. The number of aromatic nitrogens is 1. The first-order chi connectivity index (χ1) is 7.34. The minimum absolute atomic E-state index is 1.25. The van der Waals surface area contributed by atoms with Crippen LogP contribution in [0.25, 0.3) is 15.9 Å². The summed E-state index contributed by atoms with van der Waals surface area (Å²) in [6.45, 7) is 2.13. The molecule has 0 atom stereocenters. The van der Waals surface area contributed by atoms with Gasteiger partial charge in [-0.3, -0.25) is 3.96 Å². The smallest absolute Gasteiger partial charge is 0.0753 e. The van der Waals surface area contributed by atoms with Gasteiger partial charge in [-0.15, -0.1) is 0 Å². The zero-order valence-electron chi connectivity index (χ0n) is 8.47. The summed E-state index contributed by atoms with van der Waals surface area (Å²) in [5.74, 6) is 0. The molecule has 3 aromatic rings. The second-order valence-electron chi connectivity index (χ2n) is 3.69. The van der Waals surface area contributed by atoms with Crippen LogP contribution in [0.1, 0.15) is 5.56 Å². The summed E-state index contributed by atoms with van der Waals surface area (Å²) in [5.41, 5.74) is 3.89. The molecule has 0 radical (unpaired) electrons. The van der Waals surface area contributed by atoms with Crippen molar-refractivity contribution in [3.8, 4) is 5.69 Å². The molecule has 1 heterocycles. The van der Waals surface area contributed by atoms with E-state index in [-0.39, 0.29) is 0 Å². The number of rotatable bonds is 1. The van der Waals surface area contributed by atoms with Gasteiger partial charge < -0.3 is 0 Å². The molecule has 0 bridgehead atoms. The Balaban J connectivity index is 2.15. The molecular weight excluding hydrogens is 202 g/mol. The van der Waals surface area contributed by atoms with Crippen molar-refractivity contribution in [2.24, 2.45) is 0 Å². The molecule has 0 saturated heterocycles. The van der Waals surface area contributed by atoms with Crippen molar-refractivity contribution in [3.05, 3.63) is 54.1 Å². The largest absolute Gasteiger partial charge is 0.264 e. The van der Waals surface area contributed by atoms with Crippen molar-refractivity contribution in [1.82, 2.24) is 3.96 Å². The number of aryl methyl sites for hydroxylation is 1. The molecule has 1 nitrogen and oxygen atoms in total. The van der Waals surface area contributed by atoms with Crippen LogP contribution in [0, 0.1) is 6.92 Å². The molecule has 3 rings (SSSR count). The van der Waals surface area contributed by atoms with Crippen molar-refractivity contribution < 1.29 is 0 Å². The Morgan fingerprint density at radius 2 is 1.80 bits per heavy atom. The van der Waals surface area contributed by atoms with Crippen LogP contribution in [0.4, 0.5) is 0 Å². The first-order valence-electron chi connectivity index (χ1n) is 4.98. The first-order valence-corrected chi connectivity index (χ1v) is 5.76. The molecule has 2 heteroatoms. The minimum Gasteiger partial charge on any atom is -0.264 e. The zero-order valence-corrected chi connectivity index (χ0v) is 9.29. The molecule has 0 fully saturated rings. The van der Waals surface area contributed by atoms with Gasteiger partial charge in [0.25, 0.3) is 0 Å². The average molecular weight is 213 g/mol. The van der Waals surface area contributed by atoms with Crippen molar-refractivity contribution in [2.75, 3.05) is 0 Å². The lowest BCUT2D eigenvalue weighted by molar-refractivity contribution is 1.24. The Kier molecular flexibility index (Phi) is 1.89. The summed E-state index contributed by atoms with van der Waals surface area (Å²) in [7, 11) is 0. The Labute approximate surface area is 92.7 Å². The highest BCUT2D eigenvalue weighted by atomic mass is 32.1.